The number of pyridine rings is 1. The third-order valence-corrected chi connectivity index (χ3v) is 5.83. The first kappa shape index (κ1) is 19.9. The van der Waals surface area contributed by atoms with Crippen molar-refractivity contribution in [3.63, 3.8) is 0 Å². The number of nitrogens with zero attached hydrogens (tertiary/aromatic N) is 3. The Hall–Kier alpha value is -3.40. The van der Waals surface area contributed by atoms with E-state index < -0.39 is 21.7 Å². The predicted octanol–water partition coefficient (Wildman–Crippen LogP) is 4.17. The molecular formula is C20H18F2N4O3S. The Morgan fingerprint density at radius 3 is 2.53 bits per heavy atom. The molecule has 0 aliphatic heterocycles. The normalized spacial score (nSPS) is 11.7. The quantitative estimate of drug-likeness (QED) is 0.496. The van der Waals surface area contributed by atoms with Crippen LogP contribution < -0.4 is 9.46 Å². The molecule has 0 unspecified atom stereocenters. The molecule has 0 spiro atoms. The standard InChI is InChI=1S/C20H18F2N4O3S/c1-3-30(27,28)24-15-6-8-18(29-19-7-5-14(21)10-17(19)22)16(11-15)13-4-9-20-23-25(2)26(20)12-13/h4-12,24H,3H2,1-2H3. The van der Waals surface area contributed by atoms with Crippen LogP contribution in [-0.2, 0) is 17.1 Å². The van der Waals surface area contributed by atoms with Crippen molar-refractivity contribution in [2.75, 3.05) is 10.5 Å². The van der Waals surface area contributed by atoms with Crippen LogP contribution >= 0.6 is 0 Å². The van der Waals surface area contributed by atoms with Crippen molar-refractivity contribution >= 4 is 21.4 Å². The van der Waals surface area contributed by atoms with Gasteiger partial charge < -0.3 is 4.74 Å². The molecule has 0 radical (unpaired) electrons. The predicted molar refractivity (Wildman–Crippen MR) is 109 cm³/mol. The van der Waals surface area contributed by atoms with Crippen molar-refractivity contribution in [2.45, 2.75) is 6.92 Å². The number of hydrogen-bond donors (Lipinski definition) is 1. The van der Waals surface area contributed by atoms with Gasteiger partial charge in [-0.05, 0) is 49.4 Å². The number of anilines is 1. The number of halogens is 2. The number of ether oxygens (including phenoxy) is 1. The first-order chi connectivity index (χ1) is 14.3. The Labute approximate surface area is 171 Å². The average Bonchev–Trinajstić information content (AvgIpc) is 2.70. The Morgan fingerprint density at radius 1 is 1.07 bits per heavy atom. The van der Waals surface area contributed by atoms with E-state index in [0.29, 0.717) is 16.8 Å². The molecule has 0 amide bonds. The molecule has 2 aromatic heterocycles. The van der Waals surface area contributed by atoms with Crippen LogP contribution in [0.5, 0.6) is 11.5 Å². The van der Waals surface area contributed by atoms with Gasteiger partial charge in [-0.25, -0.2) is 26.5 Å². The Morgan fingerprint density at radius 2 is 1.83 bits per heavy atom. The Kier molecular flexibility index (Phi) is 4.94. The largest absolute Gasteiger partial charge is 0.454 e. The molecule has 2 aromatic carbocycles. The maximum Gasteiger partial charge on any atom is 0.232 e. The maximum atomic E-state index is 14.1. The summed E-state index contributed by atoms with van der Waals surface area (Å²) in [5.74, 6) is -1.51. The smallest absolute Gasteiger partial charge is 0.232 e. The zero-order valence-electron chi connectivity index (χ0n) is 16.1. The molecule has 0 fully saturated rings. The fourth-order valence-corrected chi connectivity index (χ4v) is 3.58. The molecule has 0 aliphatic carbocycles. The number of aryl methyl sites for hydroxylation is 1. The highest BCUT2D eigenvalue weighted by atomic mass is 32.2. The monoisotopic (exact) mass is 432 g/mol. The number of sulfonamides is 1. The summed E-state index contributed by atoms with van der Waals surface area (Å²) in [6, 6.07) is 11.3. The second-order valence-electron chi connectivity index (χ2n) is 6.60. The highest BCUT2D eigenvalue weighted by Crippen LogP contribution is 2.37. The van der Waals surface area contributed by atoms with Crippen LogP contribution in [0, 0.1) is 11.6 Å². The van der Waals surface area contributed by atoms with Gasteiger partial charge in [-0.15, -0.1) is 5.10 Å². The van der Waals surface area contributed by atoms with E-state index in [2.05, 4.69) is 9.82 Å². The number of hydrogen-bond acceptors (Lipinski definition) is 4. The maximum absolute atomic E-state index is 14.1. The summed E-state index contributed by atoms with van der Waals surface area (Å²) in [4.78, 5) is 1.63. The molecule has 0 saturated heterocycles. The van der Waals surface area contributed by atoms with Crippen molar-refractivity contribution in [3.8, 4) is 22.6 Å². The molecule has 2 heterocycles. The van der Waals surface area contributed by atoms with Crippen molar-refractivity contribution in [1.82, 2.24) is 14.4 Å². The second-order valence-corrected chi connectivity index (χ2v) is 8.61. The molecule has 30 heavy (non-hydrogen) atoms. The zero-order valence-corrected chi connectivity index (χ0v) is 17.0. The van der Waals surface area contributed by atoms with E-state index in [9.17, 15) is 17.2 Å². The molecule has 7 nitrogen and oxygen atoms in total. The number of fused-ring (bicyclic) bond motifs is 1. The van der Waals surface area contributed by atoms with Crippen molar-refractivity contribution in [1.29, 1.82) is 0 Å². The molecular weight excluding hydrogens is 414 g/mol. The lowest BCUT2D eigenvalue weighted by Crippen LogP contribution is -2.17. The third kappa shape index (κ3) is 3.86. The van der Waals surface area contributed by atoms with Crippen molar-refractivity contribution in [3.05, 3.63) is 66.4 Å². The Balaban J connectivity index is 1.81. The summed E-state index contributed by atoms with van der Waals surface area (Å²) >= 11 is 0. The van der Waals surface area contributed by atoms with E-state index in [1.807, 2.05) is 0 Å². The van der Waals surface area contributed by atoms with Gasteiger partial charge in [-0.1, -0.05) is 0 Å². The van der Waals surface area contributed by atoms with Gasteiger partial charge >= 0.3 is 0 Å². The number of nitrogens with one attached hydrogen (secondary N) is 1. The van der Waals surface area contributed by atoms with Gasteiger partial charge in [0.05, 0.1) is 5.75 Å². The summed E-state index contributed by atoms with van der Waals surface area (Å²) in [6.07, 6.45) is 1.80. The summed E-state index contributed by atoms with van der Waals surface area (Å²) in [5, 5.41) is 4.20. The van der Waals surface area contributed by atoms with Crippen LogP contribution in [-0.4, -0.2) is 28.6 Å². The van der Waals surface area contributed by atoms with Crippen LogP contribution in [0.15, 0.2) is 54.7 Å². The van der Waals surface area contributed by atoms with Crippen LogP contribution in [0.3, 0.4) is 0 Å². The fourth-order valence-electron chi connectivity index (χ4n) is 2.95. The highest BCUT2D eigenvalue weighted by Gasteiger charge is 2.15. The summed E-state index contributed by atoms with van der Waals surface area (Å²) < 4.78 is 61.3. The molecule has 1 N–H and O–H groups in total. The van der Waals surface area contributed by atoms with Gasteiger partial charge in [0.1, 0.15) is 11.6 Å². The third-order valence-electron chi connectivity index (χ3n) is 4.52. The molecule has 0 atom stereocenters. The van der Waals surface area contributed by atoms with Crippen LogP contribution in [0.25, 0.3) is 16.8 Å². The van der Waals surface area contributed by atoms with Gasteiger partial charge in [0.25, 0.3) is 0 Å². The Bertz CT molecular complexity index is 1350. The lowest BCUT2D eigenvalue weighted by Gasteiger charge is -2.17. The summed E-state index contributed by atoms with van der Waals surface area (Å²) in [6.45, 7) is 1.53. The van der Waals surface area contributed by atoms with E-state index in [1.54, 1.807) is 40.8 Å². The second kappa shape index (κ2) is 7.45. The summed E-state index contributed by atoms with van der Waals surface area (Å²) in [7, 11) is -1.72. The number of rotatable bonds is 6. The van der Waals surface area contributed by atoms with E-state index in [4.69, 9.17) is 4.74 Å². The topological polar surface area (TPSA) is 77.6 Å². The molecule has 10 heteroatoms. The number of aromatic nitrogens is 3. The molecule has 156 valence electrons. The van der Waals surface area contributed by atoms with Gasteiger partial charge in [-0.2, -0.15) is 0 Å². The lowest BCUT2D eigenvalue weighted by molar-refractivity contribution is 0.439. The molecule has 4 rings (SSSR count). The molecule has 0 saturated carbocycles. The first-order valence-corrected chi connectivity index (χ1v) is 10.7. The minimum atomic E-state index is -3.49. The van der Waals surface area contributed by atoms with Crippen molar-refractivity contribution in [2.24, 2.45) is 7.05 Å². The van der Waals surface area contributed by atoms with Crippen LogP contribution in [0.4, 0.5) is 14.5 Å². The van der Waals surface area contributed by atoms with Crippen molar-refractivity contribution < 1.29 is 21.9 Å². The van der Waals surface area contributed by atoms with Gasteiger partial charge in [0.15, 0.2) is 17.2 Å². The summed E-state index contributed by atoms with van der Waals surface area (Å²) in [5.41, 5.74) is 2.29. The highest BCUT2D eigenvalue weighted by molar-refractivity contribution is 7.92. The number of benzene rings is 2. The molecule has 4 aromatic rings. The van der Waals surface area contributed by atoms with Crippen LogP contribution in [0.2, 0.25) is 0 Å². The fraction of sp³-hybridized carbons (Fsp3) is 0.150. The lowest BCUT2D eigenvalue weighted by atomic mass is 10.1. The van der Waals surface area contributed by atoms with E-state index in [1.165, 1.54) is 25.1 Å². The minimum Gasteiger partial charge on any atom is -0.454 e. The zero-order chi connectivity index (χ0) is 21.5. The molecule has 0 aliphatic rings. The van der Waals surface area contributed by atoms with E-state index in [-0.39, 0.29) is 17.3 Å². The first-order valence-electron chi connectivity index (χ1n) is 9.05. The van der Waals surface area contributed by atoms with Crippen LogP contribution in [0.1, 0.15) is 6.92 Å². The van der Waals surface area contributed by atoms with E-state index >= 15 is 0 Å². The minimum absolute atomic E-state index is 0.0810. The molecule has 0 bridgehead atoms. The SMILES string of the molecule is CCS(=O)(=O)Nc1ccc(Oc2ccc(F)cc2F)c(-c2ccc3nn(C)n3c2)c1. The van der Waals surface area contributed by atoms with E-state index in [0.717, 1.165) is 17.8 Å². The average molecular weight is 432 g/mol. The van der Waals surface area contributed by atoms with Gasteiger partial charge in [-0.3, -0.25) is 4.72 Å². The van der Waals surface area contributed by atoms with Gasteiger partial charge in [0, 0.05) is 36.1 Å². The van der Waals surface area contributed by atoms with Gasteiger partial charge in [0.2, 0.25) is 10.0 Å².